The second-order valence-corrected chi connectivity index (χ2v) is 4.21. The predicted molar refractivity (Wildman–Crippen MR) is 73.1 cm³/mol. The third-order valence-electron chi connectivity index (χ3n) is 2.84. The van der Waals surface area contributed by atoms with Crippen molar-refractivity contribution in [3.05, 3.63) is 47.7 Å². The highest BCUT2D eigenvalue weighted by Crippen LogP contribution is 2.21. The van der Waals surface area contributed by atoms with Gasteiger partial charge >= 0.3 is 0 Å². The van der Waals surface area contributed by atoms with Crippen LogP contribution in [0.15, 0.2) is 30.7 Å². The number of ether oxygens (including phenoxy) is 1. The summed E-state index contributed by atoms with van der Waals surface area (Å²) in [5.74, 6) is 0.563. The summed E-state index contributed by atoms with van der Waals surface area (Å²) in [6.45, 7) is 4.87. The molecule has 2 aromatic rings. The maximum Gasteiger partial charge on any atom is 0.216 e. The molecule has 0 fully saturated rings. The standard InChI is InChI=1S/C14H18N4O/c1-4-15-14(11-6-5-10(2)16-8-11)12-7-13(19-3)18-9-17-12/h5-9,14-15H,4H2,1-3H3. The van der Waals surface area contributed by atoms with Crippen molar-refractivity contribution in [1.29, 1.82) is 0 Å². The Morgan fingerprint density at radius 2 is 2.11 bits per heavy atom. The van der Waals surface area contributed by atoms with Crippen LogP contribution >= 0.6 is 0 Å². The summed E-state index contributed by atoms with van der Waals surface area (Å²) in [6.07, 6.45) is 3.39. The van der Waals surface area contributed by atoms with E-state index in [0.29, 0.717) is 5.88 Å². The van der Waals surface area contributed by atoms with Gasteiger partial charge in [-0.1, -0.05) is 13.0 Å². The molecule has 1 unspecified atom stereocenters. The van der Waals surface area contributed by atoms with E-state index >= 15 is 0 Å². The van der Waals surface area contributed by atoms with Gasteiger partial charge in [-0.2, -0.15) is 0 Å². The number of nitrogens with one attached hydrogen (secondary N) is 1. The lowest BCUT2D eigenvalue weighted by Crippen LogP contribution is -2.23. The molecule has 5 nitrogen and oxygen atoms in total. The van der Waals surface area contributed by atoms with Crippen LogP contribution in [0.3, 0.4) is 0 Å². The lowest BCUT2D eigenvalue weighted by atomic mass is 10.1. The Labute approximate surface area is 113 Å². The van der Waals surface area contributed by atoms with Gasteiger partial charge in [0.1, 0.15) is 6.33 Å². The average molecular weight is 258 g/mol. The summed E-state index contributed by atoms with van der Waals surface area (Å²) < 4.78 is 5.14. The normalized spacial score (nSPS) is 12.2. The van der Waals surface area contributed by atoms with Crippen LogP contribution in [0.25, 0.3) is 0 Å². The number of methoxy groups -OCH3 is 1. The molecule has 0 amide bonds. The van der Waals surface area contributed by atoms with Gasteiger partial charge in [0.15, 0.2) is 0 Å². The molecule has 0 saturated carbocycles. The van der Waals surface area contributed by atoms with Crippen LogP contribution in [0.2, 0.25) is 0 Å². The van der Waals surface area contributed by atoms with Crippen molar-refractivity contribution >= 4 is 0 Å². The van der Waals surface area contributed by atoms with Crippen LogP contribution in [0.1, 0.15) is 29.9 Å². The van der Waals surface area contributed by atoms with Gasteiger partial charge in [-0.05, 0) is 25.1 Å². The van der Waals surface area contributed by atoms with Gasteiger partial charge in [0, 0.05) is 18.0 Å². The Morgan fingerprint density at radius 3 is 2.74 bits per heavy atom. The highest BCUT2D eigenvalue weighted by Gasteiger charge is 2.15. The van der Waals surface area contributed by atoms with Crippen molar-refractivity contribution in [3.8, 4) is 5.88 Å². The second kappa shape index (κ2) is 6.24. The molecule has 2 heterocycles. The van der Waals surface area contributed by atoms with Crippen molar-refractivity contribution in [2.45, 2.75) is 19.9 Å². The molecule has 1 N–H and O–H groups in total. The molecule has 0 bridgehead atoms. The molecule has 0 aliphatic rings. The fraction of sp³-hybridized carbons (Fsp3) is 0.357. The van der Waals surface area contributed by atoms with Crippen molar-refractivity contribution < 1.29 is 4.74 Å². The molecular weight excluding hydrogens is 240 g/mol. The van der Waals surface area contributed by atoms with Crippen molar-refractivity contribution in [3.63, 3.8) is 0 Å². The van der Waals surface area contributed by atoms with Crippen molar-refractivity contribution in [2.24, 2.45) is 0 Å². The molecule has 100 valence electrons. The van der Waals surface area contributed by atoms with Crippen LogP contribution in [0, 0.1) is 6.92 Å². The molecule has 0 aliphatic carbocycles. The number of aryl methyl sites for hydroxylation is 1. The van der Waals surface area contributed by atoms with E-state index in [4.69, 9.17) is 4.74 Å². The first-order valence-corrected chi connectivity index (χ1v) is 6.26. The number of pyridine rings is 1. The molecule has 0 saturated heterocycles. The maximum atomic E-state index is 5.14. The highest BCUT2D eigenvalue weighted by atomic mass is 16.5. The van der Waals surface area contributed by atoms with Gasteiger partial charge in [0.25, 0.3) is 0 Å². The Bertz CT molecular complexity index is 527. The predicted octanol–water partition coefficient (Wildman–Crippen LogP) is 1.89. The van der Waals surface area contributed by atoms with E-state index in [1.54, 1.807) is 7.11 Å². The molecule has 5 heteroatoms. The summed E-state index contributed by atoms with van der Waals surface area (Å²) in [4.78, 5) is 12.7. The molecule has 0 aromatic carbocycles. The van der Waals surface area contributed by atoms with Gasteiger partial charge < -0.3 is 10.1 Å². The zero-order chi connectivity index (χ0) is 13.7. The van der Waals surface area contributed by atoms with Crippen LogP contribution in [-0.2, 0) is 0 Å². The van der Waals surface area contributed by atoms with E-state index in [1.165, 1.54) is 6.33 Å². The topological polar surface area (TPSA) is 59.9 Å². The minimum absolute atomic E-state index is 0.00463. The van der Waals surface area contributed by atoms with E-state index in [9.17, 15) is 0 Å². The number of rotatable bonds is 5. The summed E-state index contributed by atoms with van der Waals surface area (Å²) in [6, 6.07) is 5.89. The Morgan fingerprint density at radius 1 is 1.26 bits per heavy atom. The van der Waals surface area contributed by atoms with E-state index in [0.717, 1.165) is 23.5 Å². The van der Waals surface area contributed by atoms with E-state index in [2.05, 4.69) is 33.3 Å². The van der Waals surface area contributed by atoms with Crippen LogP contribution in [0.5, 0.6) is 5.88 Å². The smallest absolute Gasteiger partial charge is 0.216 e. The minimum atomic E-state index is -0.00463. The van der Waals surface area contributed by atoms with Crippen molar-refractivity contribution in [1.82, 2.24) is 20.3 Å². The van der Waals surface area contributed by atoms with E-state index in [-0.39, 0.29) is 6.04 Å². The zero-order valence-corrected chi connectivity index (χ0v) is 11.4. The van der Waals surface area contributed by atoms with Crippen LogP contribution < -0.4 is 10.1 Å². The van der Waals surface area contributed by atoms with Crippen molar-refractivity contribution in [2.75, 3.05) is 13.7 Å². The number of hydrogen-bond donors (Lipinski definition) is 1. The third kappa shape index (κ3) is 3.26. The van der Waals surface area contributed by atoms with Gasteiger partial charge in [0.2, 0.25) is 5.88 Å². The lowest BCUT2D eigenvalue weighted by molar-refractivity contribution is 0.395. The first kappa shape index (κ1) is 13.4. The maximum absolute atomic E-state index is 5.14. The molecule has 19 heavy (non-hydrogen) atoms. The number of aromatic nitrogens is 3. The summed E-state index contributed by atoms with van der Waals surface area (Å²) in [5, 5.41) is 3.40. The largest absolute Gasteiger partial charge is 0.481 e. The second-order valence-electron chi connectivity index (χ2n) is 4.21. The third-order valence-corrected chi connectivity index (χ3v) is 2.84. The molecule has 2 rings (SSSR count). The number of nitrogens with zero attached hydrogens (tertiary/aromatic N) is 3. The zero-order valence-electron chi connectivity index (χ0n) is 11.4. The fourth-order valence-corrected chi connectivity index (χ4v) is 1.87. The number of hydrogen-bond acceptors (Lipinski definition) is 5. The molecule has 2 aromatic heterocycles. The molecular formula is C14H18N4O. The fourth-order valence-electron chi connectivity index (χ4n) is 1.87. The Kier molecular flexibility index (Phi) is 4.41. The lowest BCUT2D eigenvalue weighted by Gasteiger charge is -2.17. The van der Waals surface area contributed by atoms with Crippen LogP contribution in [0.4, 0.5) is 0 Å². The first-order chi connectivity index (χ1) is 9.24. The van der Waals surface area contributed by atoms with E-state index < -0.39 is 0 Å². The molecule has 0 spiro atoms. The van der Waals surface area contributed by atoms with E-state index in [1.807, 2.05) is 25.3 Å². The van der Waals surface area contributed by atoms with Gasteiger partial charge in [-0.25, -0.2) is 9.97 Å². The monoisotopic (exact) mass is 258 g/mol. The van der Waals surface area contributed by atoms with Gasteiger partial charge in [-0.15, -0.1) is 0 Å². The summed E-state index contributed by atoms with van der Waals surface area (Å²) in [5.41, 5.74) is 2.95. The van der Waals surface area contributed by atoms with Gasteiger partial charge in [0.05, 0.1) is 18.8 Å². The Hall–Kier alpha value is -2.01. The minimum Gasteiger partial charge on any atom is -0.481 e. The first-order valence-electron chi connectivity index (χ1n) is 6.26. The molecule has 1 atom stereocenters. The SMILES string of the molecule is CCNC(c1ccc(C)nc1)c1cc(OC)ncn1. The summed E-state index contributed by atoms with van der Waals surface area (Å²) in [7, 11) is 1.60. The quantitative estimate of drug-likeness (QED) is 0.887. The van der Waals surface area contributed by atoms with Gasteiger partial charge in [-0.3, -0.25) is 4.98 Å². The Balaban J connectivity index is 2.35. The van der Waals surface area contributed by atoms with Crippen LogP contribution in [-0.4, -0.2) is 28.6 Å². The molecule has 0 aliphatic heterocycles. The highest BCUT2D eigenvalue weighted by molar-refractivity contribution is 5.28. The summed E-state index contributed by atoms with van der Waals surface area (Å²) >= 11 is 0. The molecule has 0 radical (unpaired) electrons. The average Bonchev–Trinajstić information content (AvgIpc) is 2.46.